The molecule has 1 N–H and O–H groups in total. The van der Waals surface area contributed by atoms with Gasteiger partial charge in [0.1, 0.15) is 0 Å². The third kappa shape index (κ3) is 3.97. The zero-order chi connectivity index (χ0) is 16.2. The van der Waals surface area contributed by atoms with Gasteiger partial charge in [-0.05, 0) is 24.6 Å². The van der Waals surface area contributed by atoms with Crippen LogP contribution in [0.2, 0.25) is 5.02 Å². The fourth-order valence-electron chi connectivity index (χ4n) is 2.29. The van der Waals surface area contributed by atoms with Crippen LogP contribution in [0.25, 0.3) is 0 Å². The van der Waals surface area contributed by atoms with Gasteiger partial charge in [-0.3, -0.25) is 10.1 Å². The van der Waals surface area contributed by atoms with Gasteiger partial charge in [0.15, 0.2) is 5.13 Å². The van der Waals surface area contributed by atoms with Crippen LogP contribution in [0.1, 0.15) is 27.2 Å². The summed E-state index contributed by atoms with van der Waals surface area (Å²) in [6.45, 7) is 2.07. The van der Waals surface area contributed by atoms with Gasteiger partial charge in [-0.2, -0.15) is 0 Å². The number of carbonyl (C=O) groups excluding carboxylic acids is 1. The Morgan fingerprint density at radius 1 is 1.22 bits per heavy atom. The molecule has 0 fully saturated rings. The van der Waals surface area contributed by atoms with Crippen LogP contribution >= 0.6 is 22.9 Å². The second-order valence-corrected chi connectivity index (χ2v) is 6.51. The molecule has 116 valence electrons. The zero-order valence-corrected chi connectivity index (χ0v) is 14.1. The summed E-state index contributed by atoms with van der Waals surface area (Å²) in [6.07, 6.45) is 0.750. The topological polar surface area (TPSA) is 42.0 Å². The Bertz CT molecular complexity index is 844. The lowest BCUT2D eigenvalue weighted by molar-refractivity contribution is 0.102. The van der Waals surface area contributed by atoms with Gasteiger partial charge in [-0.25, -0.2) is 4.98 Å². The van der Waals surface area contributed by atoms with Gasteiger partial charge in [0.2, 0.25) is 0 Å². The smallest absolute Gasteiger partial charge is 0.258 e. The molecule has 0 aliphatic heterocycles. The van der Waals surface area contributed by atoms with Crippen LogP contribution in [-0.2, 0) is 6.42 Å². The third-order valence-corrected chi connectivity index (χ3v) is 4.49. The van der Waals surface area contributed by atoms with E-state index in [9.17, 15) is 4.79 Å². The van der Waals surface area contributed by atoms with Gasteiger partial charge in [0.05, 0.1) is 16.3 Å². The number of anilines is 1. The predicted molar refractivity (Wildman–Crippen MR) is 95.5 cm³/mol. The number of rotatable bonds is 4. The van der Waals surface area contributed by atoms with Crippen LogP contribution in [0, 0.1) is 6.92 Å². The van der Waals surface area contributed by atoms with E-state index < -0.39 is 0 Å². The first-order valence-electron chi connectivity index (χ1n) is 7.17. The number of benzene rings is 2. The molecule has 0 spiro atoms. The molecule has 3 rings (SSSR count). The minimum absolute atomic E-state index is 0.243. The van der Waals surface area contributed by atoms with Crippen LogP contribution < -0.4 is 5.32 Å². The van der Waals surface area contributed by atoms with Crippen molar-refractivity contribution in [3.8, 4) is 0 Å². The molecule has 0 aliphatic rings. The summed E-state index contributed by atoms with van der Waals surface area (Å²) in [5.41, 5.74) is 3.82. The third-order valence-electron chi connectivity index (χ3n) is 3.36. The van der Waals surface area contributed by atoms with Crippen LogP contribution in [0.4, 0.5) is 5.13 Å². The van der Waals surface area contributed by atoms with Crippen molar-refractivity contribution in [2.24, 2.45) is 0 Å². The van der Waals surface area contributed by atoms with Crippen molar-refractivity contribution in [3.63, 3.8) is 0 Å². The van der Waals surface area contributed by atoms with E-state index in [2.05, 4.69) is 35.4 Å². The summed E-state index contributed by atoms with van der Waals surface area (Å²) in [4.78, 5) is 16.7. The largest absolute Gasteiger partial charge is 0.298 e. The molecule has 3 aromatic rings. The zero-order valence-electron chi connectivity index (χ0n) is 12.5. The fourth-order valence-corrected chi connectivity index (χ4v) is 3.21. The SMILES string of the molecule is Cc1cccc(Cc2csc(NC(=O)c3ccccc3Cl)n2)c1. The highest BCUT2D eigenvalue weighted by molar-refractivity contribution is 7.14. The second kappa shape index (κ2) is 6.94. The van der Waals surface area contributed by atoms with Gasteiger partial charge in [0.25, 0.3) is 5.91 Å². The van der Waals surface area contributed by atoms with E-state index in [0.717, 1.165) is 12.1 Å². The number of aromatic nitrogens is 1. The Balaban J connectivity index is 1.70. The minimum atomic E-state index is -0.243. The number of aryl methyl sites for hydroxylation is 1. The lowest BCUT2D eigenvalue weighted by Gasteiger charge is -2.03. The monoisotopic (exact) mass is 342 g/mol. The summed E-state index contributed by atoms with van der Waals surface area (Å²) in [7, 11) is 0. The Hall–Kier alpha value is -2.17. The number of nitrogens with zero attached hydrogens (tertiary/aromatic N) is 1. The molecule has 0 bridgehead atoms. The summed E-state index contributed by atoms with van der Waals surface area (Å²) >= 11 is 7.45. The first-order chi connectivity index (χ1) is 11.1. The van der Waals surface area contributed by atoms with Crippen LogP contribution in [-0.4, -0.2) is 10.9 Å². The number of hydrogen-bond donors (Lipinski definition) is 1. The van der Waals surface area contributed by atoms with E-state index in [-0.39, 0.29) is 5.91 Å². The normalized spacial score (nSPS) is 10.5. The first kappa shape index (κ1) is 15.7. The Morgan fingerprint density at radius 3 is 2.83 bits per heavy atom. The number of nitrogens with one attached hydrogen (secondary N) is 1. The maximum atomic E-state index is 12.2. The molecule has 2 aromatic carbocycles. The molecule has 0 unspecified atom stereocenters. The van der Waals surface area contributed by atoms with E-state index in [0.29, 0.717) is 15.7 Å². The molecule has 3 nitrogen and oxygen atoms in total. The van der Waals surface area contributed by atoms with Crippen LogP contribution in [0.5, 0.6) is 0 Å². The van der Waals surface area contributed by atoms with E-state index in [4.69, 9.17) is 11.6 Å². The Labute approximate surface area is 144 Å². The quantitative estimate of drug-likeness (QED) is 0.729. The van der Waals surface area contributed by atoms with Gasteiger partial charge < -0.3 is 0 Å². The summed E-state index contributed by atoms with van der Waals surface area (Å²) in [6, 6.07) is 15.3. The Morgan fingerprint density at radius 2 is 2.04 bits per heavy atom. The van der Waals surface area contributed by atoms with Crippen molar-refractivity contribution in [1.82, 2.24) is 4.98 Å². The van der Waals surface area contributed by atoms with Crippen LogP contribution in [0.3, 0.4) is 0 Å². The molecule has 0 saturated heterocycles. The van der Waals surface area contributed by atoms with Gasteiger partial charge in [-0.15, -0.1) is 11.3 Å². The average molecular weight is 343 g/mol. The van der Waals surface area contributed by atoms with Crippen LogP contribution in [0.15, 0.2) is 53.9 Å². The highest BCUT2D eigenvalue weighted by Crippen LogP contribution is 2.21. The highest BCUT2D eigenvalue weighted by atomic mass is 35.5. The molecule has 5 heteroatoms. The van der Waals surface area contributed by atoms with Crippen molar-refractivity contribution < 1.29 is 4.79 Å². The van der Waals surface area contributed by atoms with E-state index in [1.807, 2.05) is 11.4 Å². The predicted octanol–water partition coefficient (Wildman–Crippen LogP) is 4.95. The maximum absolute atomic E-state index is 12.2. The molecular formula is C18H15ClN2OS. The molecular weight excluding hydrogens is 328 g/mol. The van der Waals surface area contributed by atoms with Crippen molar-refractivity contribution in [2.75, 3.05) is 5.32 Å². The molecule has 1 heterocycles. The van der Waals surface area contributed by atoms with E-state index in [1.54, 1.807) is 24.3 Å². The summed E-state index contributed by atoms with van der Waals surface area (Å²) in [5.74, 6) is -0.243. The molecule has 1 amide bonds. The van der Waals surface area contributed by atoms with Gasteiger partial charge in [-0.1, -0.05) is 53.6 Å². The summed E-state index contributed by atoms with van der Waals surface area (Å²) in [5, 5.41) is 5.78. The fraction of sp³-hybridized carbons (Fsp3) is 0.111. The second-order valence-electron chi connectivity index (χ2n) is 5.24. The lowest BCUT2D eigenvalue weighted by atomic mass is 10.1. The number of halogens is 1. The van der Waals surface area contributed by atoms with Crippen molar-refractivity contribution >= 4 is 34.0 Å². The highest BCUT2D eigenvalue weighted by Gasteiger charge is 2.12. The lowest BCUT2D eigenvalue weighted by Crippen LogP contribution is -2.12. The maximum Gasteiger partial charge on any atom is 0.258 e. The number of carbonyl (C=O) groups is 1. The van der Waals surface area contributed by atoms with Crippen molar-refractivity contribution in [1.29, 1.82) is 0 Å². The molecule has 23 heavy (non-hydrogen) atoms. The standard InChI is InChI=1S/C18H15ClN2OS/c1-12-5-4-6-13(9-12)10-14-11-23-18(20-14)21-17(22)15-7-2-3-8-16(15)19/h2-9,11H,10H2,1H3,(H,20,21,22). The molecule has 0 radical (unpaired) electrons. The van der Waals surface area contributed by atoms with E-state index >= 15 is 0 Å². The minimum Gasteiger partial charge on any atom is -0.298 e. The molecule has 0 atom stereocenters. The number of hydrogen-bond acceptors (Lipinski definition) is 3. The first-order valence-corrected chi connectivity index (χ1v) is 8.43. The number of thiazole rings is 1. The molecule has 1 aromatic heterocycles. The average Bonchev–Trinajstić information content (AvgIpc) is 2.94. The molecule has 0 aliphatic carbocycles. The molecule has 0 saturated carbocycles. The van der Waals surface area contributed by atoms with Gasteiger partial charge >= 0.3 is 0 Å². The van der Waals surface area contributed by atoms with E-state index in [1.165, 1.54) is 22.5 Å². The van der Waals surface area contributed by atoms with Crippen molar-refractivity contribution in [2.45, 2.75) is 13.3 Å². The Kier molecular flexibility index (Phi) is 4.74. The number of amides is 1. The van der Waals surface area contributed by atoms with Crippen molar-refractivity contribution in [3.05, 3.63) is 81.3 Å². The summed E-state index contributed by atoms with van der Waals surface area (Å²) < 4.78 is 0. The van der Waals surface area contributed by atoms with Gasteiger partial charge in [0, 0.05) is 11.8 Å².